The number of aryl methyl sites for hydroxylation is 1. The first-order chi connectivity index (χ1) is 9.69. The molecule has 102 valence electrons. The Hall–Kier alpha value is -2.67. The van der Waals surface area contributed by atoms with Gasteiger partial charge in [0.2, 0.25) is 5.95 Å². The van der Waals surface area contributed by atoms with Crippen LogP contribution in [0.3, 0.4) is 0 Å². The standard InChI is InChI=1S/C13H15N7/c1-8-4-3-5-9(6-8)20(2)12-10-7-15-19-11(10)16-13(17-12)18-14/h3-7H,14H2,1-2H3,(H2,15,16,17,18,19). The van der Waals surface area contributed by atoms with Gasteiger partial charge in [0.15, 0.2) is 5.65 Å². The third-order valence-corrected chi connectivity index (χ3v) is 3.13. The number of benzene rings is 1. The van der Waals surface area contributed by atoms with Crippen molar-refractivity contribution in [2.45, 2.75) is 6.92 Å². The van der Waals surface area contributed by atoms with Crippen molar-refractivity contribution in [3.8, 4) is 0 Å². The minimum atomic E-state index is 0.344. The Morgan fingerprint density at radius 1 is 1.30 bits per heavy atom. The molecule has 0 aliphatic carbocycles. The van der Waals surface area contributed by atoms with Gasteiger partial charge in [-0.15, -0.1) is 0 Å². The number of rotatable bonds is 3. The van der Waals surface area contributed by atoms with Crippen molar-refractivity contribution in [2.24, 2.45) is 5.84 Å². The molecule has 0 saturated heterocycles. The maximum absolute atomic E-state index is 5.41. The molecule has 20 heavy (non-hydrogen) atoms. The van der Waals surface area contributed by atoms with E-state index in [9.17, 15) is 0 Å². The molecule has 0 aliphatic heterocycles. The molecule has 0 fully saturated rings. The van der Waals surface area contributed by atoms with Gasteiger partial charge < -0.3 is 4.90 Å². The lowest BCUT2D eigenvalue weighted by molar-refractivity contribution is 1.06. The van der Waals surface area contributed by atoms with Crippen LogP contribution in [-0.4, -0.2) is 27.2 Å². The molecular formula is C13H15N7. The van der Waals surface area contributed by atoms with Crippen LogP contribution in [0.2, 0.25) is 0 Å². The van der Waals surface area contributed by atoms with Gasteiger partial charge >= 0.3 is 0 Å². The number of hydrazine groups is 1. The van der Waals surface area contributed by atoms with E-state index < -0.39 is 0 Å². The monoisotopic (exact) mass is 269 g/mol. The molecule has 3 rings (SSSR count). The Labute approximate surface area is 115 Å². The molecule has 3 aromatic rings. The number of H-pyrrole nitrogens is 1. The van der Waals surface area contributed by atoms with Crippen LogP contribution in [0.15, 0.2) is 30.5 Å². The molecular weight excluding hydrogens is 254 g/mol. The number of nitrogens with two attached hydrogens (primary N) is 1. The van der Waals surface area contributed by atoms with E-state index in [4.69, 9.17) is 5.84 Å². The van der Waals surface area contributed by atoms with Crippen molar-refractivity contribution in [3.63, 3.8) is 0 Å². The second-order valence-corrected chi connectivity index (χ2v) is 4.55. The highest BCUT2D eigenvalue weighted by molar-refractivity contribution is 5.89. The fourth-order valence-electron chi connectivity index (χ4n) is 2.10. The topological polar surface area (TPSA) is 95.8 Å². The summed E-state index contributed by atoms with van der Waals surface area (Å²) in [5, 5.41) is 7.68. The summed E-state index contributed by atoms with van der Waals surface area (Å²) in [6.07, 6.45) is 1.71. The second kappa shape index (κ2) is 4.78. The van der Waals surface area contributed by atoms with Crippen molar-refractivity contribution in [1.29, 1.82) is 0 Å². The fourth-order valence-corrected chi connectivity index (χ4v) is 2.10. The number of fused-ring (bicyclic) bond motifs is 1. The number of hydrogen-bond donors (Lipinski definition) is 3. The molecule has 1 aromatic carbocycles. The third kappa shape index (κ3) is 2.04. The maximum Gasteiger partial charge on any atom is 0.241 e. The van der Waals surface area contributed by atoms with Crippen LogP contribution in [0.4, 0.5) is 17.5 Å². The van der Waals surface area contributed by atoms with Crippen LogP contribution in [0, 0.1) is 6.92 Å². The lowest BCUT2D eigenvalue weighted by atomic mass is 10.2. The van der Waals surface area contributed by atoms with Gasteiger partial charge in [-0.25, -0.2) is 5.84 Å². The zero-order chi connectivity index (χ0) is 14.1. The summed E-state index contributed by atoms with van der Waals surface area (Å²) >= 11 is 0. The average Bonchev–Trinajstić information content (AvgIpc) is 2.93. The Morgan fingerprint density at radius 3 is 2.90 bits per heavy atom. The second-order valence-electron chi connectivity index (χ2n) is 4.55. The SMILES string of the molecule is Cc1cccc(N(C)c2nc(NN)nc3[nH]ncc23)c1. The van der Waals surface area contributed by atoms with Crippen molar-refractivity contribution in [2.75, 3.05) is 17.4 Å². The minimum absolute atomic E-state index is 0.344. The molecule has 2 heterocycles. The molecule has 0 saturated carbocycles. The highest BCUT2D eigenvalue weighted by Gasteiger charge is 2.14. The van der Waals surface area contributed by atoms with E-state index in [0.717, 1.165) is 16.9 Å². The van der Waals surface area contributed by atoms with Gasteiger partial charge in [-0.2, -0.15) is 15.1 Å². The van der Waals surface area contributed by atoms with E-state index in [1.54, 1.807) is 6.20 Å². The van der Waals surface area contributed by atoms with Crippen LogP contribution in [0.5, 0.6) is 0 Å². The van der Waals surface area contributed by atoms with E-state index in [2.05, 4.69) is 44.6 Å². The van der Waals surface area contributed by atoms with Gasteiger partial charge in [0.05, 0.1) is 11.6 Å². The van der Waals surface area contributed by atoms with Crippen molar-refractivity contribution in [3.05, 3.63) is 36.0 Å². The van der Waals surface area contributed by atoms with E-state index in [1.807, 2.05) is 24.1 Å². The molecule has 0 spiro atoms. The Kier molecular flexibility index (Phi) is 2.96. The number of aromatic nitrogens is 4. The molecule has 0 amide bonds. The fraction of sp³-hybridized carbons (Fsp3) is 0.154. The zero-order valence-electron chi connectivity index (χ0n) is 11.3. The summed E-state index contributed by atoms with van der Waals surface area (Å²) in [6.45, 7) is 2.05. The van der Waals surface area contributed by atoms with E-state index in [1.165, 1.54) is 5.56 Å². The first-order valence-corrected chi connectivity index (χ1v) is 6.17. The summed E-state index contributed by atoms with van der Waals surface area (Å²) in [7, 11) is 1.95. The molecule has 0 bridgehead atoms. The highest BCUT2D eigenvalue weighted by Crippen LogP contribution is 2.28. The Morgan fingerprint density at radius 2 is 2.15 bits per heavy atom. The molecule has 0 atom stereocenters. The quantitative estimate of drug-likeness (QED) is 0.495. The van der Waals surface area contributed by atoms with Crippen LogP contribution >= 0.6 is 0 Å². The molecule has 4 N–H and O–H groups in total. The summed E-state index contributed by atoms with van der Waals surface area (Å²) in [5.41, 5.74) is 5.33. The number of hydrogen-bond acceptors (Lipinski definition) is 6. The third-order valence-electron chi connectivity index (χ3n) is 3.13. The number of anilines is 3. The van der Waals surface area contributed by atoms with E-state index in [-0.39, 0.29) is 0 Å². The van der Waals surface area contributed by atoms with E-state index >= 15 is 0 Å². The molecule has 7 nitrogen and oxygen atoms in total. The van der Waals surface area contributed by atoms with Gasteiger partial charge in [0.1, 0.15) is 5.82 Å². The van der Waals surface area contributed by atoms with Gasteiger partial charge in [0, 0.05) is 12.7 Å². The number of nitrogen functional groups attached to an aromatic ring is 1. The van der Waals surface area contributed by atoms with Crippen molar-refractivity contribution in [1.82, 2.24) is 20.2 Å². The van der Waals surface area contributed by atoms with Crippen LogP contribution in [-0.2, 0) is 0 Å². The van der Waals surface area contributed by atoms with Gasteiger partial charge in [0.25, 0.3) is 0 Å². The minimum Gasteiger partial charge on any atom is -0.329 e. The normalized spacial score (nSPS) is 10.8. The molecule has 0 aliphatic rings. The van der Waals surface area contributed by atoms with Gasteiger partial charge in [-0.3, -0.25) is 10.5 Å². The summed E-state index contributed by atoms with van der Waals surface area (Å²) < 4.78 is 0. The summed E-state index contributed by atoms with van der Waals surface area (Å²) in [4.78, 5) is 10.6. The van der Waals surface area contributed by atoms with Crippen LogP contribution < -0.4 is 16.2 Å². The predicted molar refractivity (Wildman–Crippen MR) is 78.7 cm³/mol. The van der Waals surface area contributed by atoms with Crippen molar-refractivity contribution < 1.29 is 0 Å². The van der Waals surface area contributed by atoms with Crippen molar-refractivity contribution >= 4 is 28.5 Å². The van der Waals surface area contributed by atoms with Gasteiger partial charge in [-0.1, -0.05) is 12.1 Å². The number of nitrogens with one attached hydrogen (secondary N) is 2. The molecule has 0 radical (unpaired) electrons. The first-order valence-electron chi connectivity index (χ1n) is 6.17. The van der Waals surface area contributed by atoms with E-state index in [0.29, 0.717) is 11.6 Å². The molecule has 2 aromatic heterocycles. The number of nitrogens with zero attached hydrogens (tertiary/aromatic N) is 4. The van der Waals surface area contributed by atoms with Crippen LogP contribution in [0.1, 0.15) is 5.56 Å². The predicted octanol–water partition coefficient (Wildman–Crippen LogP) is 1.71. The highest BCUT2D eigenvalue weighted by atomic mass is 15.3. The maximum atomic E-state index is 5.41. The number of aromatic amines is 1. The average molecular weight is 269 g/mol. The first kappa shape index (κ1) is 12.4. The Bertz CT molecular complexity index is 749. The van der Waals surface area contributed by atoms with Gasteiger partial charge in [-0.05, 0) is 24.6 Å². The zero-order valence-corrected chi connectivity index (χ0v) is 11.3. The summed E-state index contributed by atoms with van der Waals surface area (Å²) in [6, 6.07) is 8.18. The summed E-state index contributed by atoms with van der Waals surface area (Å²) in [5.74, 6) is 6.50. The molecule has 7 heteroatoms. The lowest BCUT2D eigenvalue weighted by Crippen LogP contribution is -2.16. The largest absolute Gasteiger partial charge is 0.329 e. The molecule has 0 unspecified atom stereocenters. The smallest absolute Gasteiger partial charge is 0.241 e. The van der Waals surface area contributed by atoms with Crippen LogP contribution in [0.25, 0.3) is 11.0 Å². The lowest BCUT2D eigenvalue weighted by Gasteiger charge is -2.19. The Balaban J connectivity index is 2.15.